The van der Waals surface area contributed by atoms with Crippen LogP contribution in [-0.4, -0.2) is 33.8 Å². The standard InChI is InChI=1S/C16H21N3O2/c20-16-14-7-2-3-8-15(14)17-13-18(16)9-6-12-19(21)10-4-1-5-11-19/h2-3,7-8,13H,1,4-6,9-12H2. The van der Waals surface area contributed by atoms with Crippen molar-refractivity contribution in [2.24, 2.45) is 0 Å². The number of aromatic nitrogens is 2. The van der Waals surface area contributed by atoms with E-state index in [1.54, 1.807) is 17.0 Å². The molecule has 1 aliphatic rings. The maximum Gasteiger partial charge on any atom is 0.261 e. The van der Waals surface area contributed by atoms with Gasteiger partial charge in [-0.25, -0.2) is 4.98 Å². The fourth-order valence-corrected chi connectivity index (χ4v) is 3.11. The van der Waals surface area contributed by atoms with Crippen LogP contribution in [0, 0.1) is 5.21 Å². The van der Waals surface area contributed by atoms with Gasteiger partial charge < -0.3 is 9.85 Å². The Kier molecular flexibility index (Phi) is 4.03. The number of para-hydroxylation sites is 1. The van der Waals surface area contributed by atoms with Crippen LogP contribution in [0.1, 0.15) is 25.7 Å². The van der Waals surface area contributed by atoms with Crippen LogP contribution in [0.3, 0.4) is 0 Å². The Morgan fingerprint density at radius 1 is 1.19 bits per heavy atom. The highest BCUT2D eigenvalue weighted by Gasteiger charge is 2.20. The Labute approximate surface area is 124 Å². The number of hydrogen-bond acceptors (Lipinski definition) is 3. The van der Waals surface area contributed by atoms with E-state index >= 15 is 0 Å². The lowest BCUT2D eigenvalue weighted by Gasteiger charge is -2.45. The van der Waals surface area contributed by atoms with Gasteiger partial charge in [0.1, 0.15) is 0 Å². The molecule has 2 heterocycles. The molecule has 0 unspecified atom stereocenters. The van der Waals surface area contributed by atoms with Gasteiger partial charge in [-0.1, -0.05) is 12.1 Å². The third-order valence-electron chi connectivity index (χ3n) is 4.33. The SMILES string of the molecule is O=c1c2ccccc2ncn1CCC[N+]1([O-])CCCCC1. The first kappa shape index (κ1) is 14.2. The van der Waals surface area contributed by atoms with Gasteiger partial charge in [-0.3, -0.25) is 9.36 Å². The average molecular weight is 287 g/mol. The lowest BCUT2D eigenvalue weighted by atomic mass is 10.1. The molecule has 0 aliphatic carbocycles. The molecule has 0 bridgehead atoms. The molecule has 112 valence electrons. The first-order chi connectivity index (χ1) is 10.2. The summed E-state index contributed by atoms with van der Waals surface area (Å²) in [7, 11) is 0. The molecule has 0 atom stereocenters. The Balaban J connectivity index is 1.68. The Bertz CT molecular complexity index is 675. The van der Waals surface area contributed by atoms with Gasteiger partial charge in [-0.05, 0) is 31.4 Å². The molecule has 1 aromatic carbocycles. The third kappa shape index (κ3) is 3.14. The van der Waals surface area contributed by atoms with Crippen molar-refractivity contribution in [3.05, 3.63) is 46.2 Å². The Hall–Kier alpha value is -1.72. The zero-order chi connectivity index (χ0) is 14.7. The van der Waals surface area contributed by atoms with Gasteiger partial charge >= 0.3 is 0 Å². The van der Waals surface area contributed by atoms with Crippen LogP contribution < -0.4 is 5.56 Å². The molecule has 0 saturated carbocycles. The number of hydrogen-bond donors (Lipinski definition) is 0. The smallest absolute Gasteiger partial charge is 0.261 e. The second-order valence-corrected chi connectivity index (χ2v) is 5.90. The van der Waals surface area contributed by atoms with E-state index in [2.05, 4.69) is 4.98 Å². The summed E-state index contributed by atoms with van der Waals surface area (Å²) in [5.41, 5.74) is 0.707. The van der Waals surface area contributed by atoms with Crippen LogP contribution >= 0.6 is 0 Å². The highest BCUT2D eigenvalue weighted by atomic mass is 16.5. The quantitative estimate of drug-likeness (QED) is 0.640. The number of likely N-dealkylation sites (tertiary alicyclic amines) is 1. The predicted molar refractivity (Wildman–Crippen MR) is 82.7 cm³/mol. The van der Waals surface area contributed by atoms with Crippen molar-refractivity contribution < 1.29 is 4.65 Å². The largest absolute Gasteiger partial charge is 0.633 e. The predicted octanol–water partition coefficient (Wildman–Crippen LogP) is 2.29. The van der Waals surface area contributed by atoms with Crippen LogP contribution in [0.5, 0.6) is 0 Å². The van der Waals surface area contributed by atoms with Crippen LogP contribution in [0.2, 0.25) is 0 Å². The molecule has 2 aromatic rings. The van der Waals surface area contributed by atoms with Crippen LogP contribution in [-0.2, 0) is 6.54 Å². The van der Waals surface area contributed by atoms with E-state index in [9.17, 15) is 10.0 Å². The Morgan fingerprint density at radius 2 is 1.95 bits per heavy atom. The molecule has 5 heteroatoms. The van der Waals surface area contributed by atoms with Crippen molar-refractivity contribution in [1.29, 1.82) is 0 Å². The fourth-order valence-electron chi connectivity index (χ4n) is 3.11. The first-order valence-corrected chi connectivity index (χ1v) is 7.69. The maximum absolute atomic E-state index is 12.4. The molecule has 1 aromatic heterocycles. The summed E-state index contributed by atoms with van der Waals surface area (Å²) in [4.78, 5) is 16.6. The number of rotatable bonds is 4. The van der Waals surface area contributed by atoms with Crippen molar-refractivity contribution >= 4 is 10.9 Å². The number of fused-ring (bicyclic) bond motifs is 1. The highest BCUT2D eigenvalue weighted by Crippen LogP contribution is 2.17. The third-order valence-corrected chi connectivity index (χ3v) is 4.33. The van der Waals surface area contributed by atoms with Crippen molar-refractivity contribution in [2.45, 2.75) is 32.2 Å². The molecule has 1 aliphatic heterocycles. The van der Waals surface area contributed by atoms with Crippen molar-refractivity contribution in [3.8, 4) is 0 Å². The van der Waals surface area contributed by atoms with Crippen molar-refractivity contribution in [1.82, 2.24) is 9.55 Å². The minimum absolute atomic E-state index is 0.0170. The molecule has 0 radical (unpaired) electrons. The summed E-state index contributed by atoms with van der Waals surface area (Å²) >= 11 is 0. The molecule has 0 N–H and O–H groups in total. The van der Waals surface area contributed by atoms with Gasteiger partial charge in [-0.2, -0.15) is 0 Å². The molecule has 1 fully saturated rings. The summed E-state index contributed by atoms with van der Waals surface area (Å²) in [5.74, 6) is 0. The summed E-state index contributed by atoms with van der Waals surface area (Å²) in [6, 6.07) is 7.36. The van der Waals surface area contributed by atoms with E-state index in [0.717, 1.165) is 37.9 Å². The minimum atomic E-state index is -0.0875. The Morgan fingerprint density at radius 3 is 2.76 bits per heavy atom. The second kappa shape index (κ2) is 5.95. The number of quaternary nitrogens is 1. The summed E-state index contributed by atoms with van der Waals surface area (Å²) in [5, 5.41) is 13.1. The average Bonchev–Trinajstić information content (AvgIpc) is 2.50. The molecule has 0 spiro atoms. The van der Waals surface area contributed by atoms with E-state index in [-0.39, 0.29) is 10.2 Å². The van der Waals surface area contributed by atoms with Gasteiger partial charge in [0.25, 0.3) is 5.56 Å². The lowest BCUT2D eigenvalue weighted by Crippen LogP contribution is -2.47. The normalized spacial score (nSPS) is 18.0. The molecule has 5 nitrogen and oxygen atoms in total. The van der Waals surface area contributed by atoms with E-state index in [4.69, 9.17) is 0 Å². The minimum Gasteiger partial charge on any atom is -0.633 e. The van der Waals surface area contributed by atoms with E-state index in [0.29, 0.717) is 18.5 Å². The number of aryl methyl sites for hydroxylation is 1. The zero-order valence-corrected chi connectivity index (χ0v) is 12.2. The van der Waals surface area contributed by atoms with Crippen LogP contribution in [0.4, 0.5) is 0 Å². The van der Waals surface area contributed by atoms with Gasteiger partial charge in [0.15, 0.2) is 0 Å². The highest BCUT2D eigenvalue weighted by molar-refractivity contribution is 5.76. The van der Waals surface area contributed by atoms with Crippen molar-refractivity contribution in [2.75, 3.05) is 19.6 Å². The first-order valence-electron chi connectivity index (χ1n) is 7.69. The molecular weight excluding hydrogens is 266 g/mol. The molecular formula is C16H21N3O2. The second-order valence-electron chi connectivity index (χ2n) is 5.90. The van der Waals surface area contributed by atoms with E-state index in [1.165, 1.54) is 6.42 Å². The number of nitrogens with zero attached hydrogens (tertiary/aromatic N) is 3. The molecule has 0 amide bonds. The maximum atomic E-state index is 12.4. The van der Waals surface area contributed by atoms with E-state index in [1.807, 2.05) is 18.2 Å². The topological polar surface area (TPSA) is 58.0 Å². The van der Waals surface area contributed by atoms with E-state index < -0.39 is 0 Å². The molecule has 3 rings (SSSR count). The van der Waals surface area contributed by atoms with Gasteiger partial charge in [0.05, 0.1) is 36.9 Å². The molecule has 21 heavy (non-hydrogen) atoms. The molecule has 1 saturated heterocycles. The number of hydroxylamine groups is 3. The lowest BCUT2D eigenvalue weighted by molar-refractivity contribution is -0.885. The van der Waals surface area contributed by atoms with Gasteiger partial charge in [0.2, 0.25) is 0 Å². The number of piperidine rings is 1. The fraction of sp³-hybridized carbons (Fsp3) is 0.500. The van der Waals surface area contributed by atoms with Crippen LogP contribution in [0.25, 0.3) is 10.9 Å². The number of benzene rings is 1. The monoisotopic (exact) mass is 287 g/mol. The summed E-state index contributed by atoms with van der Waals surface area (Å²) in [6.45, 7) is 2.62. The summed E-state index contributed by atoms with van der Waals surface area (Å²) < 4.78 is 1.54. The van der Waals surface area contributed by atoms with Gasteiger partial charge in [-0.15, -0.1) is 0 Å². The zero-order valence-electron chi connectivity index (χ0n) is 12.2. The van der Waals surface area contributed by atoms with Gasteiger partial charge in [0, 0.05) is 13.0 Å². The van der Waals surface area contributed by atoms with Crippen LogP contribution in [0.15, 0.2) is 35.4 Å². The summed E-state index contributed by atoms with van der Waals surface area (Å²) in [6.07, 6.45) is 5.55. The van der Waals surface area contributed by atoms with Crippen molar-refractivity contribution in [3.63, 3.8) is 0 Å².